The zero-order valence-electron chi connectivity index (χ0n) is 14.5. The second-order valence-electron chi connectivity index (χ2n) is 6.73. The van der Waals surface area contributed by atoms with Crippen molar-refractivity contribution in [3.63, 3.8) is 0 Å². The molecule has 0 bridgehead atoms. The van der Waals surface area contributed by atoms with Crippen molar-refractivity contribution in [1.82, 2.24) is 0 Å². The number of ether oxygens (including phenoxy) is 3. The van der Waals surface area contributed by atoms with E-state index in [1.807, 2.05) is 0 Å². The van der Waals surface area contributed by atoms with Crippen molar-refractivity contribution in [2.24, 2.45) is 17.8 Å². The average molecular weight is 314 g/mol. The molecule has 0 radical (unpaired) electrons. The van der Waals surface area contributed by atoms with Crippen LogP contribution in [0.5, 0.6) is 0 Å². The highest BCUT2D eigenvalue weighted by atomic mass is 16.6. The molecule has 5 heteroatoms. The van der Waals surface area contributed by atoms with Gasteiger partial charge in [-0.3, -0.25) is 9.59 Å². The van der Waals surface area contributed by atoms with Gasteiger partial charge in [0.15, 0.2) is 6.10 Å². The van der Waals surface area contributed by atoms with Gasteiger partial charge >= 0.3 is 11.9 Å². The van der Waals surface area contributed by atoms with Gasteiger partial charge in [0.25, 0.3) is 0 Å². The topological polar surface area (TPSA) is 61.8 Å². The van der Waals surface area contributed by atoms with Crippen LogP contribution in [-0.4, -0.2) is 37.4 Å². The molecule has 0 saturated heterocycles. The largest absolute Gasteiger partial charge is 0.462 e. The molecule has 0 aliphatic heterocycles. The number of rotatable bonds is 7. The van der Waals surface area contributed by atoms with Gasteiger partial charge in [0.2, 0.25) is 0 Å². The van der Waals surface area contributed by atoms with Crippen molar-refractivity contribution < 1.29 is 23.8 Å². The molecule has 1 rings (SSSR count). The third kappa shape index (κ3) is 6.77. The summed E-state index contributed by atoms with van der Waals surface area (Å²) in [7, 11) is 0. The van der Waals surface area contributed by atoms with Gasteiger partial charge in [0, 0.05) is 13.8 Å². The molecule has 4 unspecified atom stereocenters. The van der Waals surface area contributed by atoms with E-state index >= 15 is 0 Å². The van der Waals surface area contributed by atoms with Crippen molar-refractivity contribution >= 4 is 11.9 Å². The van der Waals surface area contributed by atoms with Crippen molar-refractivity contribution in [1.29, 1.82) is 0 Å². The van der Waals surface area contributed by atoms with E-state index < -0.39 is 12.1 Å². The lowest BCUT2D eigenvalue weighted by molar-refractivity contribution is -0.163. The Labute approximate surface area is 133 Å². The molecule has 0 aromatic rings. The number of carbonyl (C=O) groups excluding carboxylic acids is 2. The highest BCUT2D eigenvalue weighted by Gasteiger charge is 2.32. The Kier molecular flexibility index (Phi) is 7.87. The molecule has 0 amide bonds. The summed E-state index contributed by atoms with van der Waals surface area (Å²) >= 11 is 0. The number of esters is 2. The fourth-order valence-electron chi connectivity index (χ4n) is 3.10. The van der Waals surface area contributed by atoms with Crippen LogP contribution in [0.4, 0.5) is 0 Å². The second-order valence-corrected chi connectivity index (χ2v) is 6.73. The molecule has 0 aromatic carbocycles. The first-order valence-corrected chi connectivity index (χ1v) is 8.21. The standard InChI is InChI=1S/C17H30O5/c1-11(2)16-7-6-12(3)8-17(16)21-10-15(22-14(5)19)9-20-13(4)18/h11-12,15-17H,6-10H2,1-5H3. The molecule has 0 heterocycles. The molecule has 128 valence electrons. The summed E-state index contributed by atoms with van der Waals surface area (Å²) in [6.45, 7) is 9.69. The molecular formula is C17H30O5. The average Bonchev–Trinajstić information content (AvgIpc) is 2.41. The first kappa shape index (κ1) is 18.9. The fourth-order valence-corrected chi connectivity index (χ4v) is 3.10. The Morgan fingerprint density at radius 3 is 2.32 bits per heavy atom. The Morgan fingerprint density at radius 1 is 1.09 bits per heavy atom. The maximum Gasteiger partial charge on any atom is 0.303 e. The highest BCUT2D eigenvalue weighted by molar-refractivity contribution is 5.67. The number of hydrogen-bond acceptors (Lipinski definition) is 5. The predicted octanol–water partition coefficient (Wildman–Crippen LogP) is 2.96. The van der Waals surface area contributed by atoms with E-state index in [0.29, 0.717) is 17.8 Å². The van der Waals surface area contributed by atoms with E-state index in [-0.39, 0.29) is 25.3 Å². The molecule has 0 N–H and O–H groups in total. The normalized spacial score (nSPS) is 26.5. The van der Waals surface area contributed by atoms with Crippen LogP contribution < -0.4 is 0 Å². The first-order valence-electron chi connectivity index (χ1n) is 8.21. The number of hydrogen-bond donors (Lipinski definition) is 0. The summed E-state index contributed by atoms with van der Waals surface area (Å²) in [6.07, 6.45) is 3.09. The van der Waals surface area contributed by atoms with Crippen LogP contribution in [0.3, 0.4) is 0 Å². The van der Waals surface area contributed by atoms with E-state index in [0.717, 1.165) is 6.42 Å². The van der Waals surface area contributed by atoms with Crippen LogP contribution in [-0.2, 0) is 23.8 Å². The molecule has 1 saturated carbocycles. The Bertz CT molecular complexity index is 366. The molecular weight excluding hydrogens is 284 g/mol. The molecule has 5 nitrogen and oxygen atoms in total. The maximum absolute atomic E-state index is 11.2. The quantitative estimate of drug-likeness (QED) is 0.676. The minimum atomic E-state index is -0.536. The summed E-state index contributed by atoms with van der Waals surface area (Å²) in [6, 6.07) is 0. The van der Waals surface area contributed by atoms with Gasteiger partial charge in [-0.1, -0.05) is 27.2 Å². The van der Waals surface area contributed by atoms with Gasteiger partial charge in [0.1, 0.15) is 6.61 Å². The summed E-state index contributed by atoms with van der Waals surface area (Å²) in [4.78, 5) is 22.1. The Morgan fingerprint density at radius 2 is 1.77 bits per heavy atom. The Hall–Kier alpha value is -1.10. The zero-order valence-corrected chi connectivity index (χ0v) is 14.5. The second kappa shape index (κ2) is 9.13. The molecule has 1 aliphatic carbocycles. The monoisotopic (exact) mass is 314 g/mol. The van der Waals surface area contributed by atoms with Crippen molar-refractivity contribution in [2.45, 2.75) is 66.1 Å². The van der Waals surface area contributed by atoms with E-state index in [9.17, 15) is 9.59 Å². The minimum Gasteiger partial charge on any atom is -0.462 e. The van der Waals surface area contributed by atoms with E-state index in [1.54, 1.807) is 0 Å². The van der Waals surface area contributed by atoms with E-state index in [4.69, 9.17) is 14.2 Å². The summed E-state index contributed by atoms with van der Waals surface area (Å²) in [5.74, 6) is 0.975. The predicted molar refractivity (Wildman–Crippen MR) is 83.3 cm³/mol. The molecule has 22 heavy (non-hydrogen) atoms. The van der Waals surface area contributed by atoms with Gasteiger partial charge in [-0.05, 0) is 30.6 Å². The van der Waals surface area contributed by atoms with Crippen molar-refractivity contribution in [3.05, 3.63) is 0 Å². The van der Waals surface area contributed by atoms with Crippen molar-refractivity contribution in [3.8, 4) is 0 Å². The molecule has 1 aliphatic rings. The molecule has 4 atom stereocenters. The molecule has 0 spiro atoms. The first-order chi connectivity index (χ1) is 10.3. The number of carbonyl (C=O) groups is 2. The summed E-state index contributed by atoms with van der Waals surface area (Å²) < 4.78 is 16.2. The maximum atomic E-state index is 11.2. The lowest BCUT2D eigenvalue weighted by Gasteiger charge is -2.37. The zero-order chi connectivity index (χ0) is 16.7. The summed E-state index contributed by atoms with van der Waals surface area (Å²) in [5.41, 5.74) is 0. The molecule has 1 fully saturated rings. The summed E-state index contributed by atoms with van der Waals surface area (Å²) in [5, 5.41) is 0. The van der Waals surface area contributed by atoms with Gasteiger partial charge in [-0.2, -0.15) is 0 Å². The third-order valence-electron chi connectivity index (χ3n) is 4.26. The van der Waals surface area contributed by atoms with Crippen LogP contribution in [0.2, 0.25) is 0 Å². The van der Waals surface area contributed by atoms with Gasteiger partial charge < -0.3 is 14.2 Å². The SMILES string of the molecule is CC(=O)OCC(COC1CC(C)CCC1C(C)C)OC(C)=O. The Balaban J connectivity index is 2.55. The van der Waals surface area contributed by atoms with Crippen LogP contribution in [0.25, 0.3) is 0 Å². The van der Waals surface area contributed by atoms with Gasteiger partial charge in [0.05, 0.1) is 12.7 Å². The van der Waals surface area contributed by atoms with Crippen LogP contribution in [0.15, 0.2) is 0 Å². The van der Waals surface area contributed by atoms with Crippen LogP contribution >= 0.6 is 0 Å². The molecule has 0 aromatic heterocycles. The smallest absolute Gasteiger partial charge is 0.303 e. The van der Waals surface area contributed by atoms with E-state index in [1.165, 1.54) is 26.7 Å². The van der Waals surface area contributed by atoms with Gasteiger partial charge in [-0.15, -0.1) is 0 Å². The minimum absolute atomic E-state index is 0.0452. The van der Waals surface area contributed by atoms with Crippen LogP contribution in [0.1, 0.15) is 53.9 Å². The third-order valence-corrected chi connectivity index (χ3v) is 4.26. The highest BCUT2D eigenvalue weighted by Crippen LogP contribution is 2.35. The fraction of sp³-hybridized carbons (Fsp3) is 0.882. The lowest BCUT2D eigenvalue weighted by atomic mass is 9.75. The van der Waals surface area contributed by atoms with Gasteiger partial charge in [-0.25, -0.2) is 0 Å². The van der Waals surface area contributed by atoms with Crippen LogP contribution in [0, 0.1) is 17.8 Å². The lowest BCUT2D eigenvalue weighted by Crippen LogP contribution is -2.38. The van der Waals surface area contributed by atoms with E-state index in [2.05, 4.69) is 20.8 Å². The van der Waals surface area contributed by atoms with Crippen molar-refractivity contribution in [2.75, 3.05) is 13.2 Å².